The van der Waals surface area contributed by atoms with Gasteiger partial charge < -0.3 is 63.8 Å². The molecule has 0 aliphatic heterocycles. The van der Waals surface area contributed by atoms with Crippen LogP contribution < -0.4 is 0 Å². The Kier molecular flexibility index (Phi) is 104. The van der Waals surface area contributed by atoms with Crippen molar-refractivity contribution in [3.8, 4) is 0 Å². The van der Waals surface area contributed by atoms with Crippen molar-refractivity contribution < 1.29 is 102 Å². The molecule has 0 fully saturated rings. The Balaban J connectivity index is -0.0000000572. The summed E-state index contributed by atoms with van der Waals surface area (Å²) in [6.45, 7) is 60.0. The second-order valence-corrected chi connectivity index (χ2v) is 19.7. The first-order valence-corrected chi connectivity index (χ1v) is 25.5. The maximum atomic E-state index is 4.62. The second-order valence-electron chi connectivity index (χ2n) is 19.7. The number of likely N-dealkylation sites (N-methyl/N-ethyl adjacent to an activating group) is 4. The van der Waals surface area contributed by atoms with Gasteiger partial charge in [-0.3, -0.25) is 0 Å². The van der Waals surface area contributed by atoms with Gasteiger partial charge in [-0.05, 0) is 0 Å². The molecule has 0 radical (unpaired) electrons. The molecule has 432 valence electrons. The molecule has 0 heterocycles. The van der Waals surface area contributed by atoms with Crippen LogP contribution in [0.2, 0.25) is 0 Å². The quantitative estimate of drug-likeness (QED) is 0.0493. The zero-order valence-electron chi connectivity index (χ0n) is 50.2. The zero-order valence-corrected chi connectivity index (χ0v) is 56.8. The van der Waals surface area contributed by atoms with Crippen molar-refractivity contribution in [1.82, 2.24) is 0 Å². The normalized spacial score (nSPS) is 13.9. The van der Waals surface area contributed by atoms with Gasteiger partial charge in [-0.15, -0.1) is 48.3 Å². The van der Waals surface area contributed by atoms with Gasteiger partial charge >= 0.3 is 102 Å². The van der Waals surface area contributed by atoms with Gasteiger partial charge in [0.25, 0.3) is 0 Å². The minimum Gasteiger partial charge on any atom is -0.666 e. The van der Waals surface area contributed by atoms with Crippen molar-refractivity contribution in [2.45, 2.75) is 263 Å². The smallest absolute Gasteiger partial charge is 0.666 e. The number of hydrogen-bond donors (Lipinski definition) is 0. The van der Waals surface area contributed by atoms with E-state index < -0.39 is 0 Å². The van der Waals surface area contributed by atoms with E-state index in [1.54, 1.807) is 0 Å². The van der Waals surface area contributed by atoms with Gasteiger partial charge in [-0.1, -0.05) is 192 Å². The average Bonchev–Trinajstić information content (AvgIpc) is 3.20. The summed E-state index contributed by atoms with van der Waals surface area (Å²) in [5, 5.41) is 52.3. The van der Waals surface area contributed by atoms with E-state index in [0.29, 0.717) is 60.4 Å². The van der Waals surface area contributed by atoms with E-state index >= 15 is 0 Å². The van der Waals surface area contributed by atoms with E-state index in [2.05, 4.69) is 223 Å². The third-order valence-electron chi connectivity index (χ3n) is 8.54. The standard InChI is InChI=1S/2C11H24N2.2C9H20N2.C7H16N2.C5H12N2.6Fe/c1-9(13-11(5,6)7)8-12-10(2,3)4;1-6-9(3)12-8-11(5)13-10(4)7-2;1-7(2)10-6-9(5)11-8(3)4;1-4-6-10-8-9(3)11-7-5-2;1-4-8-6-7(3)9-5-2;1-5(7-3)4-6-2;;;;;;/h9H,8H2,1-7H3;9-11H,6-8H2,1-5H3;7-9H,6H2,1-5H3;9H,4-8H2,1-3H3;7H,4-6H2,1-3H3;5H,4H2,1-3H3;;;;;;/q6*-2;6*+2. The topological polar surface area (TPSA) is 169 Å². The van der Waals surface area contributed by atoms with Gasteiger partial charge in [-0.2, -0.15) is 103 Å². The maximum absolute atomic E-state index is 4.62. The van der Waals surface area contributed by atoms with Crippen LogP contribution in [0.4, 0.5) is 0 Å². The van der Waals surface area contributed by atoms with Crippen LogP contribution in [0.5, 0.6) is 0 Å². The van der Waals surface area contributed by atoms with Crippen molar-refractivity contribution in [3.63, 3.8) is 0 Å². The SMILES string of the molecule is CC(C)[N-]CC(C)[N-]C(C)C.CC(C[N-]C(C)(C)C)[N-]C(C)(C)C.CCC(C)[N-]CC(C)[N-]C(C)CC.CCC[N-]CC(C)[N-]CCC.CC[N-]CC(C)[N-]CC.C[N-]CC(C)[N-]C.[Fe+2].[Fe+2].[Fe+2].[Fe+2].[Fe+2].[Fe+2]. The van der Waals surface area contributed by atoms with Gasteiger partial charge in [0.1, 0.15) is 0 Å². The van der Waals surface area contributed by atoms with Crippen LogP contribution in [-0.4, -0.2) is 151 Å². The van der Waals surface area contributed by atoms with E-state index in [9.17, 15) is 0 Å². The van der Waals surface area contributed by atoms with Gasteiger partial charge in [0, 0.05) is 0 Å². The molecule has 0 aliphatic rings. The second kappa shape index (κ2) is 71.6. The first-order valence-electron chi connectivity index (χ1n) is 25.5. The predicted octanol–water partition coefficient (Wildman–Crippen LogP) is 16.8. The van der Waals surface area contributed by atoms with Gasteiger partial charge in [0.15, 0.2) is 0 Å². The van der Waals surface area contributed by atoms with Crippen LogP contribution in [0, 0.1) is 0 Å². The Morgan fingerprint density at radius 2 is 0.814 bits per heavy atom. The Bertz CT molecular complexity index is 879. The molecule has 0 N–H and O–H groups in total. The fourth-order valence-electron chi connectivity index (χ4n) is 4.95. The molecular weight excluding hydrogens is 1130 g/mol. The Morgan fingerprint density at radius 3 is 1.17 bits per heavy atom. The van der Waals surface area contributed by atoms with Crippen LogP contribution in [0.15, 0.2) is 0 Å². The van der Waals surface area contributed by atoms with Gasteiger partial charge in [0.05, 0.1) is 0 Å². The molecule has 70 heavy (non-hydrogen) atoms. The molecule has 0 amide bonds. The summed E-state index contributed by atoms with van der Waals surface area (Å²) >= 11 is 0. The number of rotatable bonds is 30. The molecule has 0 rings (SSSR count). The molecule has 0 saturated heterocycles. The number of nitrogens with zero attached hydrogens (tertiary/aromatic N) is 12. The summed E-state index contributed by atoms with van der Waals surface area (Å²) in [6, 6.07) is 4.24. The molecule has 8 atom stereocenters. The van der Waals surface area contributed by atoms with Crippen LogP contribution in [0.1, 0.15) is 192 Å². The predicted molar refractivity (Wildman–Crippen MR) is 299 cm³/mol. The molecular formula is C52H116Fe6N12. The third-order valence-corrected chi connectivity index (χ3v) is 8.54. The Hall–Kier alpha value is 2.64. The van der Waals surface area contributed by atoms with E-state index in [1.807, 2.05) is 21.0 Å². The van der Waals surface area contributed by atoms with Crippen LogP contribution >= 0.6 is 0 Å². The Labute approximate surface area is 505 Å². The molecule has 0 bridgehead atoms. The molecule has 0 spiro atoms. The molecule has 18 heteroatoms. The van der Waals surface area contributed by atoms with E-state index in [4.69, 9.17) is 0 Å². The largest absolute Gasteiger partial charge is 2.00 e. The third kappa shape index (κ3) is 107. The monoisotopic (exact) mass is 1240 g/mol. The summed E-state index contributed by atoms with van der Waals surface area (Å²) in [5.74, 6) is 0. The maximum Gasteiger partial charge on any atom is 2.00 e. The van der Waals surface area contributed by atoms with E-state index in [-0.39, 0.29) is 113 Å². The molecule has 12 nitrogen and oxygen atoms in total. The minimum absolute atomic E-state index is 0. The molecule has 0 saturated carbocycles. The average molecular weight is 1240 g/mol. The summed E-state index contributed by atoms with van der Waals surface area (Å²) in [6.07, 6.45) is 4.57. The molecule has 0 aromatic carbocycles. The summed E-state index contributed by atoms with van der Waals surface area (Å²) < 4.78 is 0. The fraction of sp³-hybridized carbons (Fsp3) is 1.00. The van der Waals surface area contributed by atoms with Crippen molar-refractivity contribution in [2.75, 3.05) is 79.5 Å². The molecule has 0 aromatic heterocycles. The number of hydrogen-bond acceptors (Lipinski definition) is 0. The zero-order chi connectivity index (χ0) is 51.2. The van der Waals surface area contributed by atoms with Crippen LogP contribution in [0.3, 0.4) is 0 Å². The first-order chi connectivity index (χ1) is 29.6. The van der Waals surface area contributed by atoms with Crippen LogP contribution in [0.25, 0.3) is 63.8 Å². The van der Waals surface area contributed by atoms with Crippen molar-refractivity contribution in [1.29, 1.82) is 0 Å². The van der Waals surface area contributed by atoms with Crippen molar-refractivity contribution in [3.05, 3.63) is 63.8 Å². The first kappa shape index (κ1) is 101. The minimum atomic E-state index is 0. The van der Waals surface area contributed by atoms with E-state index in [1.165, 1.54) is 0 Å². The van der Waals surface area contributed by atoms with Crippen molar-refractivity contribution >= 4 is 0 Å². The fourth-order valence-corrected chi connectivity index (χ4v) is 4.95. The van der Waals surface area contributed by atoms with Crippen LogP contribution in [-0.2, 0) is 102 Å². The summed E-state index contributed by atoms with van der Waals surface area (Å²) in [4.78, 5) is 0. The molecule has 0 aliphatic carbocycles. The molecule has 0 aromatic rings. The van der Waals surface area contributed by atoms with Gasteiger partial charge in [-0.25, -0.2) is 0 Å². The Morgan fingerprint density at radius 1 is 0.357 bits per heavy atom. The van der Waals surface area contributed by atoms with Crippen molar-refractivity contribution in [2.24, 2.45) is 0 Å². The van der Waals surface area contributed by atoms with E-state index in [0.717, 1.165) is 91.1 Å². The van der Waals surface area contributed by atoms with Gasteiger partial charge in [0.2, 0.25) is 0 Å². The molecule has 8 unspecified atom stereocenters. The summed E-state index contributed by atoms with van der Waals surface area (Å²) in [7, 11) is 3.62. The summed E-state index contributed by atoms with van der Waals surface area (Å²) in [5.41, 5.74) is 0.133.